The lowest BCUT2D eigenvalue weighted by Crippen LogP contribution is -2.13. The fourth-order valence-corrected chi connectivity index (χ4v) is 2.72. The van der Waals surface area contributed by atoms with E-state index < -0.39 is 0 Å². The van der Waals surface area contributed by atoms with Crippen LogP contribution < -0.4 is 11.3 Å². The Hall–Kier alpha value is -2.86. The van der Waals surface area contributed by atoms with Gasteiger partial charge in [-0.25, -0.2) is 4.68 Å². The van der Waals surface area contributed by atoms with E-state index in [1.54, 1.807) is 6.92 Å². The van der Waals surface area contributed by atoms with Gasteiger partial charge in [0, 0.05) is 5.69 Å². The van der Waals surface area contributed by atoms with Crippen LogP contribution in [0.15, 0.2) is 51.4 Å². The van der Waals surface area contributed by atoms with Gasteiger partial charge in [0.1, 0.15) is 0 Å². The molecule has 0 fully saturated rings. The van der Waals surface area contributed by atoms with E-state index in [4.69, 9.17) is 5.73 Å². The number of azo groups is 1. The summed E-state index contributed by atoms with van der Waals surface area (Å²) in [6.45, 7) is 7.66. The van der Waals surface area contributed by atoms with Crippen LogP contribution in [0.1, 0.15) is 22.4 Å². The summed E-state index contributed by atoms with van der Waals surface area (Å²) < 4.78 is 1.47. The molecule has 0 bridgehead atoms. The third-order valence-electron chi connectivity index (χ3n) is 4.41. The Morgan fingerprint density at radius 3 is 2.23 bits per heavy atom. The maximum Gasteiger partial charge on any atom is 0.299 e. The molecule has 0 atom stereocenters. The van der Waals surface area contributed by atoms with Crippen LogP contribution in [0.3, 0.4) is 0 Å². The number of nitrogen functional groups attached to an aromatic ring is 1. The summed E-state index contributed by atoms with van der Waals surface area (Å²) in [6, 6.07) is 11.3. The summed E-state index contributed by atoms with van der Waals surface area (Å²) >= 11 is 0. The highest BCUT2D eigenvalue weighted by Crippen LogP contribution is 2.32. The number of aryl methyl sites for hydroxylation is 2. The number of halogens is 1. The van der Waals surface area contributed by atoms with Gasteiger partial charge in [-0.3, -0.25) is 9.89 Å². The molecule has 7 heteroatoms. The Bertz CT molecular complexity index is 992. The van der Waals surface area contributed by atoms with Crippen LogP contribution in [0.4, 0.5) is 17.1 Å². The molecule has 1 heterocycles. The second-order valence-corrected chi connectivity index (χ2v) is 6.14. The molecule has 2 aromatic carbocycles. The molecule has 6 nitrogen and oxygen atoms in total. The van der Waals surface area contributed by atoms with Crippen LogP contribution in [0, 0.1) is 27.7 Å². The summed E-state index contributed by atoms with van der Waals surface area (Å²) in [4.78, 5) is 12.7. The zero-order valence-electron chi connectivity index (χ0n) is 15.2. The van der Waals surface area contributed by atoms with E-state index in [2.05, 4.69) is 15.3 Å². The molecular formula is C19H22ClN5O. The normalized spacial score (nSPS) is 10.9. The van der Waals surface area contributed by atoms with Crippen LogP contribution in [0.5, 0.6) is 0 Å². The molecule has 0 saturated heterocycles. The first kappa shape index (κ1) is 19.5. The van der Waals surface area contributed by atoms with Crippen molar-refractivity contribution in [3.63, 3.8) is 0 Å². The lowest BCUT2D eigenvalue weighted by Gasteiger charge is -2.09. The minimum absolute atomic E-state index is 0. The van der Waals surface area contributed by atoms with Gasteiger partial charge in [0.05, 0.1) is 17.1 Å². The number of nitrogens with zero attached hydrogens (tertiary/aromatic N) is 3. The van der Waals surface area contributed by atoms with E-state index in [1.807, 2.05) is 57.2 Å². The third kappa shape index (κ3) is 3.41. The summed E-state index contributed by atoms with van der Waals surface area (Å²) in [6.07, 6.45) is 0. The molecule has 0 saturated carbocycles. The number of hydrogen-bond acceptors (Lipinski definition) is 4. The quantitative estimate of drug-likeness (QED) is 0.510. The average molecular weight is 372 g/mol. The first-order chi connectivity index (χ1) is 11.9. The van der Waals surface area contributed by atoms with E-state index >= 15 is 0 Å². The number of hydrogen-bond donors (Lipinski definition) is 2. The van der Waals surface area contributed by atoms with Crippen LogP contribution >= 0.6 is 12.4 Å². The highest BCUT2D eigenvalue weighted by atomic mass is 35.5. The molecular weight excluding hydrogens is 350 g/mol. The molecule has 3 aromatic rings. The fraction of sp³-hybridized carbons (Fsp3) is 0.211. The first-order valence-corrected chi connectivity index (χ1v) is 8.05. The maximum absolute atomic E-state index is 12.7. The Morgan fingerprint density at radius 2 is 1.58 bits per heavy atom. The molecule has 0 aliphatic rings. The third-order valence-corrected chi connectivity index (χ3v) is 4.41. The van der Waals surface area contributed by atoms with Crippen molar-refractivity contribution in [3.8, 4) is 5.69 Å². The number of para-hydroxylation sites is 1. The van der Waals surface area contributed by atoms with E-state index in [9.17, 15) is 4.79 Å². The fourth-order valence-electron chi connectivity index (χ4n) is 2.72. The minimum atomic E-state index is -0.233. The molecule has 136 valence electrons. The van der Waals surface area contributed by atoms with Gasteiger partial charge in [0.15, 0.2) is 5.69 Å². The number of benzene rings is 2. The van der Waals surface area contributed by atoms with Crippen LogP contribution in [-0.4, -0.2) is 9.78 Å². The van der Waals surface area contributed by atoms with Crippen molar-refractivity contribution in [1.82, 2.24) is 9.78 Å². The highest BCUT2D eigenvalue weighted by Gasteiger charge is 2.13. The van der Waals surface area contributed by atoms with E-state index in [1.165, 1.54) is 4.68 Å². The van der Waals surface area contributed by atoms with Crippen molar-refractivity contribution in [1.29, 1.82) is 0 Å². The van der Waals surface area contributed by atoms with Gasteiger partial charge < -0.3 is 5.73 Å². The Kier molecular flexibility index (Phi) is 5.67. The lowest BCUT2D eigenvalue weighted by atomic mass is 10.0. The van der Waals surface area contributed by atoms with Gasteiger partial charge in [-0.2, -0.15) is 0 Å². The lowest BCUT2D eigenvalue weighted by molar-refractivity contribution is 0.835. The van der Waals surface area contributed by atoms with Crippen LogP contribution in [0.2, 0.25) is 0 Å². The van der Waals surface area contributed by atoms with Gasteiger partial charge >= 0.3 is 0 Å². The minimum Gasteiger partial charge on any atom is -0.398 e. The number of nitrogens with two attached hydrogens (primary N) is 1. The second kappa shape index (κ2) is 7.58. The monoisotopic (exact) mass is 371 g/mol. The molecule has 0 unspecified atom stereocenters. The zero-order chi connectivity index (χ0) is 18.1. The highest BCUT2D eigenvalue weighted by molar-refractivity contribution is 5.85. The number of H-pyrrole nitrogens is 1. The largest absolute Gasteiger partial charge is 0.398 e. The number of anilines is 1. The van der Waals surface area contributed by atoms with Crippen molar-refractivity contribution in [3.05, 3.63) is 69.1 Å². The van der Waals surface area contributed by atoms with Gasteiger partial charge in [-0.1, -0.05) is 18.2 Å². The van der Waals surface area contributed by atoms with Crippen LogP contribution in [0.25, 0.3) is 5.69 Å². The molecule has 3 N–H and O–H groups in total. The Balaban J connectivity index is 0.00000243. The SMILES string of the molecule is Cc1cc(N)c(C)c(N=Nc2c(C)[nH]n(-c3ccccc3)c2=O)c1C.Cl. The van der Waals surface area contributed by atoms with Gasteiger partial charge in [0.25, 0.3) is 5.56 Å². The van der Waals surface area contributed by atoms with Gasteiger partial charge in [0.2, 0.25) is 0 Å². The summed E-state index contributed by atoms with van der Waals surface area (Å²) in [5.41, 5.74) is 11.8. The number of aromatic nitrogens is 2. The summed E-state index contributed by atoms with van der Waals surface area (Å²) in [7, 11) is 0. The molecule has 0 spiro atoms. The second-order valence-electron chi connectivity index (χ2n) is 6.14. The van der Waals surface area contributed by atoms with Gasteiger partial charge in [-0.15, -0.1) is 22.6 Å². The molecule has 0 aliphatic heterocycles. The molecule has 0 aliphatic carbocycles. The van der Waals surface area contributed by atoms with Crippen molar-refractivity contribution in [2.75, 3.05) is 5.73 Å². The number of nitrogens with one attached hydrogen (secondary N) is 1. The summed E-state index contributed by atoms with van der Waals surface area (Å²) in [5, 5.41) is 11.6. The maximum atomic E-state index is 12.7. The number of rotatable bonds is 3. The van der Waals surface area contributed by atoms with E-state index in [-0.39, 0.29) is 18.0 Å². The standard InChI is InChI=1S/C19H21N5O.ClH/c1-11-10-16(20)13(3)17(12(11)2)21-22-18-14(4)23-24(19(18)25)15-8-6-5-7-9-15;/h5-10,23H,20H2,1-4H3;1H. The Morgan fingerprint density at radius 1 is 0.962 bits per heavy atom. The van der Waals surface area contributed by atoms with Gasteiger partial charge in [-0.05, 0) is 62.6 Å². The van der Waals surface area contributed by atoms with Crippen molar-refractivity contribution < 1.29 is 0 Å². The van der Waals surface area contributed by atoms with Crippen LogP contribution in [-0.2, 0) is 0 Å². The summed E-state index contributed by atoms with van der Waals surface area (Å²) in [5.74, 6) is 0. The smallest absolute Gasteiger partial charge is 0.299 e. The molecule has 3 rings (SSSR count). The predicted octanol–water partition coefficient (Wildman–Crippen LogP) is 4.82. The first-order valence-electron chi connectivity index (χ1n) is 8.05. The number of aromatic amines is 1. The Labute approximate surface area is 158 Å². The van der Waals surface area contributed by atoms with Crippen molar-refractivity contribution in [2.45, 2.75) is 27.7 Å². The topological polar surface area (TPSA) is 88.5 Å². The molecule has 0 radical (unpaired) electrons. The average Bonchev–Trinajstić information content (AvgIpc) is 2.88. The predicted molar refractivity (Wildman–Crippen MR) is 108 cm³/mol. The van der Waals surface area contributed by atoms with Crippen molar-refractivity contribution in [2.24, 2.45) is 10.2 Å². The molecule has 0 amide bonds. The van der Waals surface area contributed by atoms with E-state index in [0.717, 1.165) is 22.4 Å². The zero-order valence-corrected chi connectivity index (χ0v) is 16.0. The van der Waals surface area contributed by atoms with E-state index in [0.29, 0.717) is 22.8 Å². The molecule has 26 heavy (non-hydrogen) atoms. The molecule has 1 aromatic heterocycles. The van der Waals surface area contributed by atoms with Crippen molar-refractivity contribution >= 4 is 29.5 Å².